The molecule has 0 saturated carbocycles. The van der Waals surface area contributed by atoms with Gasteiger partial charge in [-0.25, -0.2) is 9.78 Å². The molecule has 2 amide bonds. The Morgan fingerprint density at radius 2 is 1.88 bits per heavy atom. The Kier molecular flexibility index (Phi) is 6.57. The van der Waals surface area contributed by atoms with E-state index >= 15 is 0 Å². The van der Waals surface area contributed by atoms with Crippen LogP contribution in [0.25, 0.3) is 0 Å². The van der Waals surface area contributed by atoms with Crippen molar-refractivity contribution in [2.45, 2.75) is 39.5 Å². The standard InChI is InChI=1S/C18H23N3O4S/c1-18(2,3)25-17(23)20-10-15-21-13(11-26-15)16(22)19-9-12-7-5-6-8-14(12)24-4/h5-8,11H,9-10H2,1-4H3,(H,19,22)(H,20,23). The van der Waals surface area contributed by atoms with Crippen molar-refractivity contribution in [3.8, 4) is 5.75 Å². The van der Waals surface area contributed by atoms with E-state index in [-0.39, 0.29) is 12.5 Å². The molecule has 0 atom stereocenters. The highest BCUT2D eigenvalue weighted by molar-refractivity contribution is 7.09. The molecule has 1 aromatic carbocycles. The molecule has 0 aliphatic carbocycles. The van der Waals surface area contributed by atoms with Crippen molar-refractivity contribution in [1.29, 1.82) is 0 Å². The molecular formula is C18H23N3O4S. The number of aromatic nitrogens is 1. The number of nitrogens with one attached hydrogen (secondary N) is 2. The van der Waals surface area contributed by atoms with E-state index in [2.05, 4.69) is 15.6 Å². The minimum atomic E-state index is -0.559. The lowest BCUT2D eigenvalue weighted by molar-refractivity contribution is 0.0523. The van der Waals surface area contributed by atoms with Gasteiger partial charge in [0.15, 0.2) is 0 Å². The smallest absolute Gasteiger partial charge is 0.408 e. The van der Waals surface area contributed by atoms with E-state index in [0.717, 1.165) is 5.56 Å². The molecule has 0 radical (unpaired) electrons. The number of thiazole rings is 1. The Morgan fingerprint density at radius 1 is 1.15 bits per heavy atom. The summed E-state index contributed by atoms with van der Waals surface area (Å²) < 4.78 is 10.4. The predicted octanol–water partition coefficient (Wildman–Crippen LogP) is 3.11. The van der Waals surface area contributed by atoms with Gasteiger partial charge in [-0.05, 0) is 26.8 Å². The van der Waals surface area contributed by atoms with Gasteiger partial charge >= 0.3 is 6.09 Å². The summed E-state index contributed by atoms with van der Waals surface area (Å²) in [5.74, 6) is 0.434. The second-order valence-corrected chi connectivity index (χ2v) is 7.42. The molecule has 7 nitrogen and oxygen atoms in total. The van der Waals surface area contributed by atoms with Crippen molar-refractivity contribution in [3.63, 3.8) is 0 Å². The number of methoxy groups -OCH3 is 1. The third-order valence-electron chi connectivity index (χ3n) is 3.20. The highest BCUT2D eigenvalue weighted by Gasteiger charge is 2.17. The van der Waals surface area contributed by atoms with Crippen molar-refractivity contribution < 1.29 is 19.1 Å². The van der Waals surface area contributed by atoms with E-state index in [1.807, 2.05) is 24.3 Å². The quantitative estimate of drug-likeness (QED) is 0.807. The first-order valence-corrected chi connectivity index (χ1v) is 8.98. The summed E-state index contributed by atoms with van der Waals surface area (Å²) in [4.78, 5) is 28.1. The van der Waals surface area contributed by atoms with Gasteiger partial charge in [-0.15, -0.1) is 11.3 Å². The lowest BCUT2D eigenvalue weighted by atomic mass is 10.2. The minimum Gasteiger partial charge on any atom is -0.496 e. The van der Waals surface area contributed by atoms with Crippen LogP contribution in [0.5, 0.6) is 5.75 Å². The normalized spacial score (nSPS) is 10.9. The molecular weight excluding hydrogens is 354 g/mol. The number of ether oxygens (including phenoxy) is 2. The maximum Gasteiger partial charge on any atom is 0.408 e. The minimum absolute atomic E-state index is 0.208. The first kappa shape index (κ1) is 19.7. The van der Waals surface area contributed by atoms with Crippen molar-refractivity contribution >= 4 is 23.3 Å². The number of hydrogen-bond donors (Lipinski definition) is 2. The summed E-state index contributed by atoms with van der Waals surface area (Å²) in [5, 5.41) is 7.71. The number of carbonyl (C=O) groups excluding carboxylic acids is 2. The molecule has 0 spiro atoms. The molecule has 1 aromatic heterocycles. The summed E-state index contributed by atoms with van der Waals surface area (Å²) in [5.41, 5.74) is 0.632. The predicted molar refractivity (Wildman–Crippen MR) is 99.4 cm³/mol. The SMILES string of the molecule is COc1ccccc1CNC(=O)c1csc(CNC(=O)OC(C)(C)C)n1. The average molecular weight is 377 g/mol. The van der Waals surface area contributed by atoms with Crippen LogP contribution >= 0.6 is 11.3 Å². The summed E-state index contributed by atoms with van der Waals surface area (Å²) in [6.07, 6.45) is -0.519. The van der Waals surface area contributed by atoms with Crippen LogP contribution in [-0.4, -0.2) is 29.7 Å². The van der Waals surface area contributed by atoms with E-state index in [9.17, 15) is 9.59 Å². The highest BCUT2D eigenvalue weighted by atomic mass is 32.1. The molecule has 8 heteroatoms. The van der Waals surface area contributed by atoms with Crippen molar-refractivity contribution in [2.24, 2.45) is 0 Å². The fourth-order valence-electron chi connectivity index (χ4n) is 2.07. The molecule has 0 unspecified atom stereocenters. The third-order valence-corrected chi connectivity index (χ3v) is 4.05. The second kappa shape index (κ2) is 8.66. The Hall–Kier alpha value is -2.61. The zero-order chi connectivity index (χ0) is 19.2. The van der Waals surface area contributed by atoms with Gasteiger partial charge in [0, 0.05) is 17.5 Å². The van der Waals surface area contributed by atoms with Crippen molar-refractivity contribution in [2.75, 3.05) is 7.11 Å². The summed E-state index contributed by atoms with van der Waals surface area (Å²) in [6.45, 7) is 5.92. The Bertz CT molecular complexity index is 768. The van der Waals surface area contributed by atoms with Crippen LogP contribution in [0.15, 0.2) is 29.6 Å². The van der Waals surface area contributed by atoms with Crippen LogP contribution in [0.3, 0.4) is 0 Å². The second-order valence-electron chi connectivity index (χ2n) is 6.48. The largest absolute Gasteiger partial charge is 0.496 e. The Morgan fingerprint density at radius 3 is 2.58 bits per heavy atom. The highest BCUT2D eigenvalue weighted by Crippen LogP contribution is 2.17. The molecule has 2 aromatic rings. The lowest BCUT2D eigenvalue weighted by Crippen LogP contribution is -2.32. The molecule has 1 heterocycles. The fraction of sp³-hybridized carbons (Fsp3) is 0.389. The maximum absolute atomic E-state index is 12.2. The average Bonchev–Trinajstić information content (AvgIpc) is 3.05. The first-order valence-electron chi connectivity index (χ1n) is 8.10. The van der Waals surface area contributed by atoms with Gasteiger partial charge < -0.3 is 20.1 Å². The van der Waals surface area contributed by atoms with Gasteiger partial charge in [-0.2, -0.15) is 0 Å². The number of alkyl carbamates (subject to hydrolysis) is 1. The van der Waals surface area contributed by atoms with Crippen molar-refractivity contribution in [1.82, 2.24) is 15.6 Å². The Labute approximate surface area is 156 Å². The zero-order valence-electron chi connectivity index (χ0n) is 15.3. The van der Waals surface area contributed by atoms with Crippen LogP contribution in [0, 0.1) is 0 Å². The van der Waals surface area contributed by atoms with Crippen LogP contribution in [0.4, 0.5) is 4.79 Å². The van der Waals surface area contributed by atoms with Crippen molar-refractivity contribution in [3.05, 3.63) is 45.9 Å². The van der Waals surface area contributed by atoms with Crippen LogP contribution in [0.1, 0.15) is 41.8 Å². The lowest BCUT2D eigenvalue weighted by Gasteiger charge is -2.19. The van der Waals surface area contributed by atoms with E-state index in [0.29, 0.717) is 23.0 Å². The molecule has 0 bridgehead atoms. The monoisotopic (exact) mass is 377 g/mol. The van der Waals surface area contributed by atoms with Gasteiger partial charge in [0.2, 0.25) is 0 Å². The van der Waals surface area contributed by atoms with E-state index in [1.165, 1.54) is 11.3 Å². The molecule has 2 rings (SSSR count). The molecule has 0 saturated heterocycles. The van der Waals surface area contributed by atoms with E-state index < -0.39 is 11.7 Å². The molecule has 140 valence electrons. The van der Waals surface area contributed by atoms with Gasteiger partial charge in [0.1, 0.15) is 22.1 Å². The maximum atomic E-state index is 12.2. The summed E-state index contributed by atoms with van der Waals surface area (Å²) >= 11 is 1.30. The molecule has 2 N–H and O–H groups in total. The third kappa shape index (κ3) is 6.03. The van der Waals surface area contributed by atoms with Gasteiger partial charge in [0.25, 0.3) is 5.91 Å². The fourth-order valence-corrected chi connectivity index (χ4v) is 2.79. The Balaban J connectivity index is 1.86. The number of amides is 2. The number of hydrogen-bond acceptors (Lipinski definition) is 6. The number of rotatable bonds is 6. The first-order chi connectivity index (χ1) is 12.3. The summed E-state index contributed by atoms with van der Waals surface area (Å²) in [7, 11) is 1.59. The number of carbonyl (C=O) groups is 2. The molecule has 0 fully saturated rings. The van der Waals surface area contributed by atoms with E-state index in [1.54, 1.807) is 33.3 Å². The topological polar surface area (TPSA) is 89.6 Å². The molecule has 26 heavy (non-hydrogen) atoms. The van der Waals surface area contributed by atoms with E-state index in [4.69, 9.17) is 9.47 Å². The summed E-state index contributed by atoms with van der Waals surface area (Å²) in [6, 6.07) is 7.48. The van der Waals surface area contributed by atoms with Gasteiger partial charge in [-0.3, -0.25) is 4.79 Å². The number of benzene rings is 1. The van der Waals surface area contributed by atoms with Gasteiger partial charge in [-0.1, -0.05) is 18.2 Å². The van der Waals surface area contributed by atoms with Crippen LogP contribution in [-0.2, 0) is 17.8 Å². The zero-order valence-corrected chi connectivity index (χ0v) is 16.1. The molecule has 0 aliphatic rings. The van der Waals surface area contributed by atoms with Crippen LogP contribution in [0.2, 0.25) is 0 Å². The molecule has 0 aliphatic heterocycles. The van der Waals surface area contributed by atoms with Crippen LogP contribution < -0.4 is 15.4 Å². The number of nitrogens with zero attached hydrogens (tertiary/aromatic N) is 1. The number of para-hydroxylation sites is 1. The van der Waals surface area contributed by atoms with Gasteiger partial charge in [0.05, 0.1) is 13.7 Å².